The standard InChI is InChI=1S/C18H26ClN3O2S/c1-13(12-25(5,23)24)21(4)11-18-14(2)20-22(15(18)3)10-16-6-8-17(19)9-7-16/h6-9,13H,10-12H2,1-5H3/t13-/m1/s1. The quantitative estimate of drug-likeness (QED) is 0.737. The third-order valence-electron chi connectivity index (χ3n) is 4.48. The number of nitrogens with zero attached hydrogens (tertiary/aromatic N) is 3. The second kappa shape index (κ2) is 7.89. The van der Waals surface area contributed by atoms with Crippen molar-refractivity contribution >= 4 is 21.4 Å². The molecule has 2 aromatic rings. The Morgan fingerprint density at radius 1 is 1.24 bits per heavy atom. The Bertz CT molecular complexity index is 829. The minimum absolute atomic E-state index is 0.0478. The zero-order valence-corrected chi connectivity index (χ0v) is 17.0. The van der Waals surface area contributed by atoms with Crippen LogP contribution in [0.15, 0.2) is 24.3 Å². The van der Waals surface area contributed by atoms with Gasteiger partial charge >= 0.3 is 0 Å². The molecule has 5 nitrogen and oxygen atoms in total. The lowest BCUT2D eigenvalue weighted by Gasteiger charge is -2.24. The van der Waals surface area contributed by atoms with Crippen LogP contribution >= 0.6 is 11.6 Å². The number of sulfone groups is 1. The van der Waals surface area contributed by atoms with Crippen LogP contribution in [-0.2, 0) is 22.9 Å². The predicted octanol–water partition coefficient (Wildman–Crippen LogP) is 3.07. The molecule has 7 heteroatoms. The second-order valence-corrected chi connectivity index (χ2v) is 9.41. The van der Waals surface area contributed by atoms with E-state index in [4.69, 9.17) is 11.6 Å². The van der Waals surface area contributed by atoms with Gasteiger partial charge in [0, 0.05) is 35.1 Å². The molecule has 0 aliphatic carbocycles. The number of hydrogen-bond donors (Lipinski definition) is 0. The summed E-state index contributed by atoms with van der Waals surface area (Å²) in [6, 6.07) is 7.71. The summed E-state index contributed by atoms with van der Waals surface area (Å²) in [7, 11) is -1.04. The van der Waals surface area contributed by atoms with Gasteiger partial charge in [0.2, 0.25) is 0 Å². The fourth-order valence-corrected chi connectivity index (χ4v) is 4.11. The second-order valence-electron chi connectivity index (χ2n) is 6.79. The van der Waals surface area contributed by atoms with Gasteiger partial charge in [-0.05, 0) is 45.5 Å². The van der Waals surface area contributed by atoms with Crippen LogP contribution in [0.2, 0.25) is 5.02 Å². The van der Waals surface area contributed by atoms with Gasteiger partial charge in [0.25, 0.3) is 0 Å². The van der Waals surface area contributed by atoms with Gasteiger partial charge in [-0.2, -0.15) is 5.10 Å². The van der Waals surface area contributed by atoms with Crippen molar-refractivity contribution in [3.05, 3.63) is 51.8 Å². The van der Waals surface area contributed by atoms with E-state index in [1.807, 2.05) is 49.8 Å². The van der Waals surface area contributed by atoms with E-state index in [-0.39, 0.29) is 11.8 Å². The highest BCUT2D eigenvalue weighted by Gasteiger charge is 2.19. The summed E-state index contributed by atoms with van der Waals surface area (Å²) in [5.74, 6) is 0.153. The molecule has 1 aromatic carbocycles. The van der Waals surface area contributed by atoms with Gasteiger partial charge in [0.05, 0.1) is 18.0 Å². The molecule has 0 bridgehead atoms. The van der Waals surface area contributed by atoms with Crippen molar-refractivity contribution in [2.24, 2.45) is 0 Å². The molecule has 0 fully saturated rings. The van der Waals surface area contributed by atoms with Crippen LogP contribution in [-0.4, -0.2) is 48.2 Å². The maximum atomic E-state index is 11.5. The molecule has 2 rings (SSSR count). The van der Waals surface area contributed by atoms with Crippen molar-refractivity contribution in [3.8, 4) is 0 Å². The Hall–Kier alpha value is -1.37. The highest BCUT2D eigenvalue weighted by Crippen LogP contribution is 2.18. The lowest BCUT2D eigenvalue weighted by molar-refractivity contribution is 0.266. The largest absolute Gasteiger partial charge is 0.298 e. The van der Waals surface area contributed by atoms with E-state index in [1.165, 1.54) is 6.26 Å². The summed E-state index contributed by atoms with van der Waals surface area (Å²) in [5.41, 5.74) is 4.37. The Kier molecular flexibility index (Phi) is 6.30. The molecule has 25 heavy (non-hydrogen) atoms. The molecule has 0 aliphatic heterocycles. The SMILES string of the molecule is Cc1nn(Cc2ccc(Cl)cc2)c(C)c1CN(C)[C@H](C)CS(C)(=O)=O. The van der Waals surface area contributed by atoms with Crippen molar-refractivity contribution in [2.45, 2.75) is 39.9 Å². The zero-order chi connectivity index (χ0) is 18.8. The molecule has 0 radical (unpaired) electrons. The maximum absolute atomic E-state index is 11.5. The van der Waals surface area contributed by atoms with Crippen molar-refractivity contribution in [2.75, 3.05) is 19.1 Å². The van der Waals surface area contributed by atoms with Gasteiger partial charge in [-0.25, -0.2) is 8.42 Å². The average molecular weight is 384 g/mol. The molecule has 0 saturated carbocycles. The number of halogens is 1. The minimum atomic E-state index is -2.99. The summed E-state index contributed by atoms with van der Waals surface area (Å²) >= 11 is 5.94. The summed E-state index contributed by atoms with van der Waals surface area (Å²) in [6.45, 7) is 7.35. The van der Waals surface area contributed by atoms with Gasteiger partial charge in [0.1, 0.15) is 9.84 Å². The Balaban J connectivity index is 2.14. The lowest BCUT2D eigenvalue weighted by Crippen LogP contribution is -2.34. The van der Waals surface area contributed by atoms with E-state index in [0.717, 1.165) is 27.5 Å². The Labute approximate surface area is 155 Å². The van der Waals surface area contributed by atoms with Crippen LogP contribution in [0.4, 0.5) is 0 Å². The number of benzene rings is 1. The fourth-order valence-electron chi connectivity index (χ4n) is 2.85. The van der Waals surface area contributed by atoms with Gasteiger partial charge in [0.15, 0.2) is 0 Å². The predicted molar refractivity (Wildman–Crippen MR) is 103 cm³/mol. The number of rotatable bonds is 7. The maximum Gasteiger partial charge on any atom is 0.148 e. The summed E-state index contributed by atoms with van der Waals surface area (Å²) < 4.78 is 25.0. The minimum Gasteiger partial charge on any atom is -0.298 e. The molecule has 0 amide bonds. The number of aryl methyl sites for hydroxylation is 1. The van der Waals surface area contributed by atoms with Crippen molar-refractivity contribution in [1.29, 1.82) is 0 Å². The average Bonchev–Trinajstić information content (AvgIpc) is 2.75. The first-order valence-corrected chi connectivity index (χ1v) is 10.7. The van der Waals surface area contributed by atoms with Crippen LogP contribution in [0.5, 0.6) is 0 Å². The first-order chi connectivity index (χ1) is 11.6. The molecule has 0 N–H and O–H groups in total. The zero-order valence-electron chi connectivity index (χ0n) is 15.5. The third kappa shape index (κ3) is 5.56. The smallest absolute Gasteiger partial charge is 0.148 e. The van der Waals surface area contributed by atoms with Crippen LogP contribution in [0.1, 0.15) is 29.4 Å². The van der Waals surface area contributed by atoms with Gasteiger partial charge in [-0.3, -0.25) is 9.58 Å². The molecule has 138 valence electrons. The summed E-state index contributed by atoms with van der Waals surface area (Å²) in [6.07, 6.45) is 1.28. The number of aromatic nitrogens is 2. The molecule has 0 aliphatic rings. The Morgan fingerprint density at radius 2 is 1.84 bits per heavy atom. The molecule has 1 heterocycles. The van der Waals surface area contributed by atoms with Crippen LogP contribution in [0, 0.1) is 13.8 Å². The topological polar surface area (TPSA) is 55.2 Å². The van der Waals surface area contributed by atoms with Crippen molar-refractivity contribution in [1.82, 2.24) is 14.7 Å². The summed E-state index contributed by atoms with van der Waals surface area (Å²) in [4.78, 5) is 2.06. The fraction of sp³-hybridized carbons (Fsp3) is 0.500. The van der Waals surface area contributed by atoms with E-state index < -0.39 is 9.84 Å². The first kappa shape index (κ1) is 19.9. The molecule has 0 spiro atoms. The lowest BCUT2D eigenvalue weighted by atomic mass is 10.1. The van der Waals surface area contributed by atoms with E-state index in [1.54, 1.807) is 0 Å². The highest BCUT2D eigenvalue weighted by atomic mass is 35.5. The molecule has 0 unspecified atom stereocenters. The monoisotopic (exact) mass is 383 g/mol. The van der Waals surface area contributed by atoms with E-state index in [2.05, 4.69) is 16.9 Å². The van der Waals surface area contributed by atoms with Crippen molar-refractivity contribution < 1.29 is 8.42 Å². The van der Waals surface area contributed by atoms with E-state index in [0.29, 0.717) is 13.1 Å². The van der Waals surface area contributed by atoms with Gasteiger partial charge in [-0.15, -0.1) is 0 Å². The van der Waals surface area contributed by atoms with Crippen LogP contribution in [0.3, 0.4) is 0 Å². The van der Waals surface area contributed by atoms with Crippen LogP contribution < -0.4 is 0 Å². The normalized spacial score (nSPS) is 13.4. The van der Waals surface area contributed by atoms with E-state index >= 15 is 0 Å². The van der Waals surface area contributed by atoms with Crippen molar-refractivity contribution in [3.63, 3.8) is 0 Å². The number of hydrogen-bond acceptors (Lipinski definition) is 4. The first-order valence-electron chi connectivity index (χ1n) is 8.22. The molecule has 1 atom stereocenters. The molecular weight excluding hydrogens is 358 g/mol. The summed E-state index contributed by atoms with van der Waals surface area (Å²) in [5, 5.41) is 5.38. The van der Waals surface area contributed by atoms with E-state index in [9.17, 15) is 8.42 Å². The molecule has 0 saturated heterocycles. The van der Waals surface area contributed by atoms with Gasteiger partial charge < -0.3 is 0 Å². The highest BCUT2D eigenvalue weighted by molar-refractivity contribution is 7.90. The Morgan fingerprint density at radius 3 is 2.40 bits per heavy atom. The molecular formula is C18H26ClN3O2S. The molecule has 1 aromatic heterocycles. The van der Waals surface area contributed by atoms with Crippen LogP contribution in [0.25, 0.3) is 0 Å². The van der Waals surface area contributed by atoms with Gasteiger partial charge in [-0.1, -0.05) is 23.7 Å². The third-order valence-corrected chi connectivity index (χ3v) is 5.82.